The predicted molar refractivity (Wildman–Crippen MR) is 79.3 cm³/mol. The summed E-state index contributed by atoms with van der Waals surface area (Å²) in [4.78, 5) is 14.5. The molecule has 0 heterocycles. The Balaban J connectivity index is 2.52. The Morgan fingerprint density at radius 1 is 1.42 bits per heavy atom. The van der Waals surface area contributed by atoms with Crippen LogP contribution in [0.4, 0.5) is 0 Å². The number of methoxy groups -OCH3 is 1. The van der Waals surface area contributed by atoms with Crippen molar-refractivity contribution in [3.8, 4) is 0 Å². The monoisotopic (exact) mass is 269 g/mol. The van der Waals surface area contributed by atoms with E-state index in [0.717, 1.165) is 51.4 Å². The molecule has 1 aliphatic carbocycles. The molecule has 2 unspecified atom stereocenters. The lowest BCUT2D eigenvalue weighted by atomic mass is 9.79. The molecule has 112 valence electrons. The summed E-state index contributed by atoms with van der Waals surface area (Å²) in [5.41, 5.74) is 0. The Labute approximate surface area is 118 Å². The molecule has 0 amide bonds. The van der Waals surface area contributed by atoms with Crippen LogP contribution in [0.5, 0.6) is 0 Å². The molecule has 1 rings (SSSR count). The Morgan fingerprint density at radius 3 is 2.74 bits per heavy atom. The Kier molecular flexibility index (Phi) is 7.62. The van der Waals surface area contributed by atoms with Crippen molar-refractivity contribution < 1.29 is 9.53 Å². The summed E-state index contributed by atoms with van der Waals surface area (Å²) in [6.45, 7) is 10.4. The summed E-state index contributed by atoms with van der Waals surface area (Å²) in [5, 5.41) is 0. The minimum Gasteiger partial charge on any atom is -0.383 e. The normalized spacial score (nSPS) is 24.4. The van der Waals surface area contributed by atoms with Crippen molar-refractivity contribution in [3.63, 3.8) is 0 Å². The Hall–Kier alpha value is -0.410. The lowest BCUT2D eigenvalue weighted by Crippen LogP contribution is -2.39. The van der Waals surface area contributed by atoms with E-state index in [2.05, 4.69) is 25.7 Å². The van der Waals surface area contributed by atoms with E-state index in [1.807, 2.05) is 0 Å². The van der Waals surface area contributed by atoms with Crippen molar-refractivity contribution in [3.05, 3.63) is 0 Å². The predicted octanol–water partition coefficient (Wildman–Crippen LogP) is 2.99. The van der Waals surface area contributed by atoms with Gasteiger partial charge in [0.1, 0.15) is 5.78 Å². The molecule has 0 saturated heterocycles. The van der Waals surface area contributed by atoms with Gasteiger partial charge in [-0.25, -0.2) is 0 Å². The molecule has 3 heteroatoms. The standard InChI is InChI=1S/C16H31NO2/c1-5-14-6-7-16(18)15(10-14)12-17(8-9-19-4)11-13(2)3/h13-15H,5-12H2,1-4H3. The van der Waals surface area contributed by atoms with Gasteiger partial charge < -0.3 is 9.64 Å². The molecule has 0 radical (unpaired) electrons. The second-order valence-electron chi connectivity index (χ2n) is 6.36. The zero-order valence-electron chi connectivity index (χ0n) is 13.2. The van der Waals surface area contributed by atoms with Gasteiger partial charge >= 0.3 is 0 Å². The summed E-state index contributed by atoms with van der Waals surface area (Å²) in [7, 11) is 1.74. The molecule has 2 atom stereocenters. The summed E-state index contributed by atoms with van der Waals surface area (Å²) < 4.78 is 5.19. The number of carbonyl (C=O) groups excluding carboxylic acids is 1. The first-order valence-corrected chi connectivity index (χ1v) is 7.80. The molecule has 0 spiro atoms. The number of ether oxygens (including phenoxy) is 1. The third-order valence-corrected chi connectivity index (χ3v) is 4.16. The fourth-order valence-electron chi connectivity index (χ4n) is 3.05. The molecule has 19 heavy (non-hydrogen) atoms. The molecular weight excluding hydrogens is 238 g/mol. The van der Waals surface area contributed by atoms with E-state index >= 15 is 0 Å². The third kappa shape index (κ3) is 6.05. The first-order valence-electron chi connectivity index (χ1n) is 7.80. The highest BCUT2D eigenvalue weighted by molar-refractivity contribution is 5.81. The highest BCUT2D eigenvalue weighted by Gasteiger charge is 2.29. The zero-order valence-corrected chi connectivity index (χ0v) is 13.2. The maximum absolute atomic E-state index is 12.1. The first-order chi connectivity index (χ1) is 9.06. The minimum atomic E-state index is 0.259. The second-order valence-corrected chi connectivity index (χ2v) is 6.36. The SMILES string of the molecule is CCC1CCC(=O)C(CN(CCOC)CC(C)C)C1. The van der Waals surface area contributed by atoms with Gasteiger partial charge in [-0.1, -0.05) is 27.2 Å². The van der Waals surface area contributed by atoms with Crippen molar-refractivity contribution in [2.45, 2.75) is 46.5 Å². The highest BCUT2D eigenvalue weighted by atomic mass is 16.5. The average molecular weight is 269 g/mol. The Morgan fingerprint density at radius 2 is 2.16 bits per heavy atom. The molecule has 0 aromatic carbocycles. The molecule has 0 bridgehead atoms. The van der Waals surface area contributed by atoms with Crippen LogP contribution in [0.2, 0.25) is 0 Å². The van der Waals surface area contributed by atoms with Gasteiger partial charge in [0.25, 0.3) is 0 Å². The average Bonchev–Trinajstić information content (AvgIpc) is 2.37. The minimum absolute atomic E-state index is 0.259. The zero-order chi connectivity index (χ0) is 14.3. The summed E-state index contributed by atoms with van der Waals surface area (Å²) in [6, 6.07) is 0. The maximum Gasteiger partial charge on any atom is 0.137 e. The van der Waals surface area contributed by atoms with Crippen LogP contribution in [0, 0.1) is 17.8 Å². The molecular formula is C16H31NO2. The Bertz CT molecular complexity index is 265. The van der Waals surface area contributed by atoms with E-state index in [0.29, 0.717) is 11.7 Å². The van der Waals surface area contributed by atoms with E-state index in [4.69, 9.17) is 4.74 Å². The number of rotatable bonds is 8. The van der Waals surface area contributed by atoms with Gasteiger partial charge in [0.05, 0.1) is 6.61 Å². The van der Waals surface area contributed by atoms with Gasteiger partial charge in [-0.05, 0) is 24.7 Å². The molecule has 0 N–H and O–H groups in total. The quantitative estimate of drug-likeness (QED) is 0.678. The third-order valence-electron chi connectivity index (χ3n) is 4.16. The van der Waals surface area contributed by atoms with E-state index < -0.39 is 0 Å². The number of carbonyl (C=O) groups is 1. The molecule has 1 aliphatic rings. The van der Waals surface area contributed by atoms with Crippen LogP contribution in [-0.2, 0) is 9.53 Å². The molecule has 1 fully saturated rings. The van der Waals surface area contributed by atoms with Gasteiger partial charge in [0.15, 0.2) is 0 Å². The van der Waals surface area contributed by atoms with Crippen molar-refractivity contribution in [1.82, 2.24) is 4.90 Å². The van der Waals surface area contributed by atoms with E-state index in [1.54, 1.807) is 7.11 Å². The number of Topliss-reactive ketones (excluding diaryl/α,β-unsaturated/α-hetero) is 1. The number of ketones is 1. The second kappa shape index (κ2) is 8.70. The summed E-state index contributed by atoms with van der Waals surface area (Å²) >= 11 is 0. The van der Waals surface area contributed by atoms with Gasteiger partial charge in [0, 0.05) is 39.1 Å². The van der Waals surface area contributed by atoms with Gasteiger partial charge in [-0.15, -0.1) is 0 Å². The highest BCUT2D eigenvalue weighted by Crippen LogP contribution is 2.29. The van der Waals surface area contributed by atoms with Crippen LogP contribution in [-0.4, -0.2) is 44.0 Å². The fraction of sp³-hybridized carbons (Fsp3) is 0.938. The van der Waals surface area contributed by atoms with Crippen LogP contribution in [0.3, 0.4) is 0 Å². The molecule has 0 aliphatic heterocycles. The maximum atomic E-state index is 12.1. The molecule has 0 aromatic heterocycles. The number of nitrogens with zero attached hydrogens (tertiary/aromatic N) is 1. The van der Waals surface area contributed by atoms with Crippen LogP contribution < -0.4 is 0 Å². The first kappa shape index (κ1) is 16.6. The lowest BCUT2D eigenvalue weighted by molar-refractivity contribution is -0.126. The van der Waals surface area contributed by atoms with Crippen molar-refractivity contribution in [2.75, 3.05) is 33.4 Å². The largest absolute Gasteiger partial charge is 0.383 e. The van der Waals surface area contributed by atoms with Crippen molar-refractivity contribution in [2.24, 2.45) is 17.8 Å². The van der Waals surface area contributed by atoms with Crippen LogP contribution in [0.25, 0.3) is 0 Å². The van der Waals surface area contributed by atoms with Gasteiger partial charge in [-0.3, -0.25) is 4.79 Å². The summed E-state index contributed by atoms with van der Waals surface area (Å²) in [6.07, 6.45) is 4.21. The molecule has 3 nitrogen and oxygen atoms in total. The summed E-state index contributed by atoms with van der Waals surface area (Å²) in [5.74, 6) is 2.13. The van der Waals surface area contributed by atoms with Gasteiger partial charge in [-0.2, -0.15) is 0 Å². The molecule has 1 saturated carbocycles. The fourth-order valence-corrected chi connectivity index (χ4v) is 3.05. The van der Waals surface area contributed by atoms with Gasteiger partial charge in [0.2, 0.25) is 0 Å². The number of hydrogen-bond acceptors (Lipinski definition) is 3. The van der Waals surface area contributed by atoms with Crippen molar-refractivity contribution >= 4 is 5.78 Å². The smallest absolute Gasteiger partial charge is 0.137 e. The topological polar surface area (TPSA) is 29.5 Å². The van der Waals surface area contributed by atoms with Crippen molar-refractivity contribution in [1.29, 1.82) is 0 Å². The lowest BCUT2D eigenvalue weighted by Gasteiger charge is -2.32. The van der Waals surface area contributed by atoms with Crippen LogP contribution in [0.1, 0.15) is 46.5 Å². The molecule has 0 aromatic rings. The number of hydrogen-bond donors (Lipinski definition) is 0. The van der Waals surface area contributed by atoms with E-state index in [1.165, 1.54) is 6.42 Å². The van der Waals surface area contributed by atoms with Crippen LogP contribution in [0.15, 0.2) is 0 Å². The van der Waals surface area contributed by atoms with Crippen LogP contribution >= 0.6 is 0 Å². The van der Waals surface area contributed by atoms with E-state index in [-0.39, 0.29) is 5.92 Å². The van der Waals surface area contributed by atoms with E-state index in [9.17, 15) is 4.79 Å².